The van der Waals surface area contributed by atoms with Crippen LogP contribution in [0.5, 0.6) is 11.5 Å². The monoisotopic (exact) mass is 802 g/mol. The fourth-order valence-corrected chi connectivity index (χ4v) is 9.37. The summed E-state index contributed by atoms with van der Waals surface area (Å²) in [5.74, 6) is 1.37. The standard InChI is InChI=1S/C43H55N4O9P/c1-29-27-46(40(49)45-38(29)48)39-37(52-10)36(56-57(54-26-14-25-44)47(41(2,3)4)42(5,6)7)35(55-39)28-53-43(30-15-12-11-13-16-30,31-17-21-33(50-8)22-18-31)32-19-23-34(51-9)24-20-32/h11-13,15-24,27,35-37,39H,14,26,28H2,1-10H3,(H,45,48,49). The Bertz CT molecular complexity index is 2010. The van der Waals surface area contributed by atoms with Gasteiger partial charge in [0.05, 0.1) is 39.9 Å². The first-order valence-corrected chi connectivity index (χ1v) is 20.0. The van der Waals surface area contributed by atoms with Crippen LogP contribution in [0.2, 0.25) is 0 Å². The van der Waals surface area contributed by atoms with Crippen molar-refractivity contribution >= 4 is 8.53 Å². The SMILES string of the molecule is COc1ccc(C(OCC2OC(n3cc(C)c(=O)[nH]c3=O)C(OC)C2OP(OCCC#N)N(C(C)(C)C)C(C)(C)C)(c2ccccc2)c2ccc(OC)cc2)cc1. The Labute approximate surface area is 336 Å². The van der Waals surface area contributed by atoms with Gasteiger partial charge in [0.1, 0.15) is 35.4 Å². The Morgan fingerprint density at radius 2 is 1.37 bits per heavy atom. The molecule has 1 aromatic heterocycles. The highest BCUT2D eigenvalue weighted by molar-refractivity contribution is 7.44. The number of aryl methyl sites for hydroxylation is 1. The molecule has 2 heterocycles. The lowest BCUT2D eigenvalue weighted by molar-refractivity contribution is -0.0960. The van der Waals surface area contributed by atoms with E-state index < -0.39 is 61.0 Å². The number of nitrogens with zero attached hydrogens (tertiary/aromatic N) is 3. The van der Waals surface area contributed by atoms with Crippen LogP contribution in [-0.2, 0) is 28.9 Å². The van der Waals surface area contributed by atoms with Crippen molar-refractivity contribution in [2.75, 3.05) is 34.5 Å². The molecule has 3 aromatic carbocycles. The molecule has 1 aliphatic heterocycles. The van der Waals surface area contributed by atoms with Gasteiger partial charge in [-0.05, 0) is 89.4 Å². The van der Waals surface area contributed by atoms with E-state index in [0.29, 0.717) is 17.1 Å². The van der Waals surface area contributed by atoms with Crippen LogP contribution in [0.15, 0.2) is 94.6 Å². The van der Waals surface area contributed by atoms with E-state index in [2.05, 4.69) is 57.3 Å². The summed E-state index contributed by atoms with van der Waals surface area (Å²) in [6.07, 6.45) is -2.02. The smallest absolute Gasteiger partial charge is 0.330 e. The van der Waals surface area contributed by atoms with Crippen LogP contribution < -0.4 is 20.7 Å². The van der Waals surface area contributed by atoms with Crippen molar-refractivity contribution in [1.29, 1.82) is 5.26 Å². The third-order valence-electron chi connectivity index (χ3n) is 9.68. The van der Waals surface area contributed by atoms with Gasteiger partial charge in [0.15, 0.2) is 6.23 Å². The molecule has 0 bridgehead atoms. The number of hydrogen-bond donors (Lipinski definition) is 1. The highest BCUT2D eigenvalue weighted by Gasteiger charge is 2.52. The molecular formula is C43H55N4O9P. The van der Waals surface area contributed by atoms with Crippen molar-refractivity contribution in [3.8, 4) is 17.6 Å². The molecule has 1 saturated heterocycles. The minimum absolute atomic E-state index is 0.0581. The number of benzene rings is 3. The topological polar surface area (TPSA) is 147 Å². The van der Waals surface area contributed by atoms with E-state index in [1.807, 2.05) is 78.9 Å². The van der Waals surface area contributed by atoms with Crippen LogP contribution in [0.25, 0.3) is 0 Å². The fraction of sp³-hybridized carbons (Fsp3) is 0.465. The summed E-state index contributed by atoms with van der Waals surface area (Å²) in [6, 6.07) is 27.5. The maximum atomic E-state index is 13.4. The quantitative estimate of drug-likeness (QED) is 0.0696. The van der Waals surface area contributed by atoms with E-state index in [-0.39, 0.29) is 19.6 Å². The van der Waals surface area contributed by atoms with Crippen molar-refractivity contribution in [2.24, 2.45) is 0 Å². The average Bonchev–Trinajstić information content (AvgIpc) is 3.52. The Morgan fingerprint density at radius 1 is 0.825 bits per heavy atom. The van der Waals surface area contributed by atoms with Gasteiger partial charge >= 0.3 is 5.69 Å². The number of aromatic amines is 1. The molecule has 5 unspecified atom stereocenters. The lowest BCUT2D eigenvalue weighted by Crippen LogP contribution is -2.51. The van der Waals surface area contributed by atoms with Crippen molar-refractivity contribution in [1.82, 2.24) is 14.2 Å². The normalized spacial score (nSPS) is 19.3. The summed E-state index contributed by atoms with van der Waals surface area (Å²) >= 11 is 0. The molecule has 0 aliphatic carbocycles. The van der Waals surface area contributed by atoms with Gasteiger partial charge < -0.3 is 32.7 Å². The van der Waals surface area contributed by atoms with E-state index in [9.17, 15) is 14.9 Å². The van der Waals surface area contributed by atoms with Crippen molar-refractivity contribution in [2.45, 2.75) is 96.1 Å². The Kier molecular flexibility index (Phi) is 14.2. The number of rotatable bonds is 16. The largest absolute Gasteiger partial charge is 0.497 e. The third kappa shape index (κ3) is 9.67. The summed E-state index contributed by atoms with van der Waals surface area (Å²) in [5.41, 5.74) is -0.444. The number of aromatic nitrogens is 2. The number of nitriles is 1. The van der Waals surface area contributed by atoms with Gasteiger partial charge in [0, 0.05) is 29.9 Å². The molecule has 5 atom stereocenters. The minimum atomic E-state index is -1.88. The number of H-pyrrole nitrogens is 1. The van der Waals surface area contributed by atoms with Gasteiger partial charge in [0.2, 0.25) is 0 Å². The van der Waals surface area contributed by atoms with E-state index in [0.717, 1.165) is 16.7 Å². The molecule has 306 valence electrons. The summed E-state index contributed by atoms with van der Waals surface area (Å²) < 4.78 is 48.3. The maximum absolute atomic E-state index is 13.4. The van der Waals surface area contributed by atoms with Crippen LogP contribution in [0.3, 0.4) is 0 Å². The molecule has 1 N–H and O–H groups in total. The fourth-order valence-electron chi connectivity index (χ4n) is 7.41. The zero-order valence-corrected chi connectivity index (χ0v) is 35.4. The molecule has 1 aliphatic rings. The molecule has 13 nitrogen and oxygen atoms in total. The number of hydrogen-bond acceptors (Lipinski definition) is 11. The summed E-state index contributed by atoms with van der Waals surface area (Å²) in [6.45, 7) is 14.1. The first-order valence-electron chi connectivity index (χ1n) is 18.8. The molecule has 0 saturated carbocycles. The molecule has 0 spiro atoms. The van der Waals surface area contributed by atoms with Crippen LogP contribution in [0.1, 0.15) is 76.4 Å². The predicted octanol–water partition coefficient (Wildman–Crippen LogP) is 7.22. The third-order valence-corrected chi connectivity index (χ3v) is 12.0. The molecule has 0 amide bonds. The van der Waals surface area contributed by atoms with Crippen molar-refractivity contribution < 1.29 is 32.7 Å². The molecule has 0 radical (unpaired) electrons. The second kappa shape index (κ2) is 18.5. The molecule has 57 heavy (non-hydrogen) atoms. The minimum Gasteiger partial charge on any atom is -0.497 e. The summed E-state index contributed by atoms with van der Waals surface area (Å²) in [7, 11) is 2.89. The molecule has 1 fully saturated rings. The van der Waals surface area contributed by atoms with Crippen LogP contribution >= 0.6 is 8.53 Å². The first kappa shape index (κ1) is 43.7. The number of nitrogens with one attached hydrogen (secondary N) is 1. The number of methoxy groups -OCH3 is 3. The van der Waals surface area contributed by atoms with Gasteiger partial charge in [0.25, 0.3) is 14.1 Å². The van der Waals surface area contributed by atoms with Gasteiger partial charge in [-0.25, -0.2) is 9.46 Å². The second-order valence-corrected chi connectivity index (χ2v) is 17.1. The van der Waals surface area contributed by atoms with E-state index >= 15 is 0 Å². The van der Waals surface area contributed by atoms with Crippen LogP contribution in [0, 0.1) is 18.3 Å². The second-order valence-electron chi connectivity index (χ2n) is 15.8. The van der Waals surface area contributed by atoms with E-state index in [4.69, 9.17) is 32.7 Å². The highest BCUT2D eigenvalue weighted by Crippen LogP contribution is 2.55. The van der Waals surface area contributed by atoms with Crippen LogP contribution in [-0.4, -0.2) is 78.2 Å². The van der Waals surface area contributed by atoms with Crippen molar-refractivity contribution in [3.63, 3.8) is 0 Å². The lowest BCUT2D eigenvalue weighted by atomic mass is 9.80. The Morgan fingerprint density at radius 3 is 1.86 bits per heavy atom. The Hall–Kier alpha value is -4.38. The summed E-state index contributed by atoms with van der Waals surface area (Å²) in [4.78, 5) is 28.3. The Balaban J connectivity index is 1.68. The lowest BCUT2D eigenvalue weighted by Gasteiger charge is -2.48. The van der Waals surface area contributed by atoms with Gasteiger partial charge in [-0.2, -0.15) is 5.26 Å². The number of ether oxygens (including phenoxy) is 5. The molecule has 14 heteroatoms. The molecule has 5 rings (SSSR count). The zero-order chi connectivity index (χ0) is 41.5. The molecule has 4 aromatic rings. The first-order chi connectivity index (χ1) is 27.1. The van der Waals surface area contributed by atoms with E-state index in [1.54, 1.807) is 21.1 Å². The predicted molar refractivity (Wildman–Crippen MR) is 218 cm³/mol. The van der Waals surface area contributed by atoms with E-state index in [1.165, 1.54) is 17.9 Å². The van der Waals surface area contributed by atoms with Crippen molar-refractivity contribution in [3.05, 3.63) is 128 Å². The highest BCUT2D eigenvalue weighted by atomic mass is 31.2. The van der Waals surface area contributed by atoms with Gasteiger partial charge in [-0.1, -0.05) is 54.6 Å². The molecular weight excluding hydrogens is 747 g/mol. The average molecular weight is 803 g/mol. The van der Waals surface area contributed by atoms with Crippen LogP contribution in [0.4, 0.5) is 0 Å². The summed E-state index contributed by atoms with van der Waals surface area (Å²) in [5, 5.41) is 9.45. The van der Waals surface area contributed by atoms with Gasteiger partial charge in [-0.15, -0.1) is 0 Å². The maximum Gasteiger partial charge on any atom is 0.330 e. The van der Waals surface area contributed by atoms with Gasteiger partial charge in [-0.3, -0.25) is 14.3 Å². The zero-order valence-electron chi connectivity index (χ0n) is 34.5.